The summed E-state index contributed by atoms with van der Waals surface area (Å²) in [6.45, 7) is 4.42. The number of amides is 1. The lowest BCUT2D eigenvalue weighted by atomic mass is 10.1. The number of rotatable bonds is 5. The van der Waals surface area contributed by atoms with E-state index in [1.165, 1.54) is 10.1 Å². The van der Waals surface area contributed by atoms with Crippen LogP contribution in [0, 0.1) is 6.92 Å². The van der Waals surface area contributed by atoms with Crippen LogP contribution < -0.4 is 5.76 Å². The summed E-state index contributed by atoms with van der Waals surface area (Å²) < 4.78 is 6.69. The molecular weight excluding hydrogens is 420 g/mol. The van der Waals surface area contributed by atoms with Gasteiger partial charge in [-0.1, -0.05) is 42.5 Å². The Morgan fingerprint density at radius 1 is 1.12 bits per heavy atom. The maximum absolute atomic E-state index is 13.3. The third kappa shape index (κ3) is 4.45. The van der Waals surface area contributed by atoms with E-state index in [-0.39, 0.29) is 18.5 Å². The zero-order valence-corrected chi connectivity index (χ0v) is 18.5. The van der Waals surface area contributed by atoms with Gasteiger partial charge in [0.2, 0.25) is 5.91 Å². The van der Waals surface area contributed by atoms with Gasteiger partial charge >= 0.3 is 5.76 Å². The Bertz CT molecular complexity index is 1310. The second-order valence-corrected chi connectivity index (χ2v) is 8.37. The van der Waals surface area contributed by atoms with E-state index < -0.39 is 5.76 Å². The highest BCUT2D eigenvalue weighted by Gasteiger charge is 2.31. The van der Waals surface area contributed by atoms with Crippen molar-refractivity contribution >= 4 is 17.0 Å². The lowest BCUT2D eigenvalue weighted by Gasteiger charge is -2.30. The van der Waals surface area contributed by atoms with Crippen molar-refractivity contribution in [3.8, 4) is 0 Å². The van der Waals surface area contributed by atoms with Gasteiger partial charge in [-0.3, -0.25) is 19.4 Å². The molecule has 33 heavy (non-hydrogen) atoms. The number of para-hydroxylation sites is 2. The first-order chi connectivity index (χ1) is 16.1. The van der Waals surface area contributed by atoms with Crippen molar-refractivity contribution in [2.75, 3.05) is 19.6 Å². The van der Waals surface area contributed by atoms with Gasteiger partial charge in [-0.25, -0.2) is 9.78 Å². The fourth-order valence-corrected chi connectivity index (χ4v) is 4.42. The van der Waals surface area contributed by atoms with Crippen molar-refractivity contribution in [1.82, 2.24) is 29.5 Å². The molecule has 0 saturated carbocycles. The smallest absolute Gasteiger partial charge is 0.408 e. The minimum Gasteiger partial charge on any atom is -0.408 e. The molecule has 1 fully saturated rings. The van der Waals surface area contributed by atoms with Gasteiger partial charge in [-0.15, -0.1) is 0 Å². The summed E-state index contributed by atoms with van der Waals surface area (Å²) in [5, 5.41) is 7.34. The normalized spacial score (nSPS) is 17.4. The maximum Gasteiger partial charge on any atom is 0.420 e. The van der Waals surface area contributed by atoms with Crippen LogP contribution in [-0.4, -0.2) is 55.1 Å². The van der Waals surface area contributed by atoms with Gasteiger partial charge in [0.25, 0.3) is 0 Å². The first-order valence-corrected chi connectivity index (χ1v) is 11.1. The Balaban J connectivity index is 1.40. The molecule has 2 aromatic heterocycles. The highest BCUT2D eigenvalue weighted by molar-refractivity contribution is 5.79. The monoisotopic (exact) mass is 446 g/mol. The molecule has 1 N–H and O–H groups in total. The standard InChI is InChI=1S/C24H26N6O3/c1-17-25-23(27-26-17)20-15-29(13-7-12-28(20)14-18-8-3-2-4-9-18)22(31)16-30-19-10-5-6-11-21(19)33-24(30)32/h2-6,8-11,20H,7,12-16H2,1H3,(H,25,26,27). The van der Waals surface area contributed by atoms with Gasteiger partial charge in [-0.2, -0.15) is 5.10 Å². The molecule has 0 aliphatic carbocycles. The van der Waals surface area contributed by atoms with Crippen LogP contribution in [-0.2, 0) is 17.9 Å². The molecule has 9 heteroatoms. The van der Waals surface area contributed by atoms with E-state index in [0.717, 1.165) is 25.3 Å². The Morgan fingerprint density at radius 3 is 2.70 bits per heavy atom. The number of carbonyl (C=O) groups excluding carboxylic acids is 1. The maximum atomic E-state index is 13.3. The number of benzene rings is 2. The number of aromatic nitrogens is 4. The molecule has 4 aromatic rings. The summed E-state index contributed by atoms with van der Waals surface area (Å²) in [6.07, 6.45) is 0.819. The Morgan fingerprint density at radius 2 is 1.91 bits per heavy atom. The summed E-state index contributed by atoms with van der Waals surface area (Å²) in [6, 6.07) is 17.3. The number of H-pyrrole nitrogens is 1. The lowest BCUT2D eigenvalue weighted by Crippen LogP contribution is -2.40. The Labute approximate surface area is 190 Å². The summed E-state index contributed by atoms with van der Waals surface area (Å²) in [5.74, 6) is 0.769. The number of nitrogens with zero attached hydrogens (tertiary/aromatic N) is 5. The van der Waals surface area contributed by atoms with E-state index in [2.05, 4.69) is 32.2 Å². The predicted molar refractivity (Wildman–Crippen MR) is 122 cm³/mol. The molecule has 0 radical (unpaired) electrons. The van der Waals surface area contributed by atoms with Crippen molar-refractivity contribution in [1.29, 1.82) is 0 Å². The fourth-order valence-electron chi connectivity index (χ4n) is 4.42. The SMILES string of the molecule is Cc1nc(C2CN(C(=O)Cn3c(=O)oc4ccccc43)CCCN2Cc2ccccc2)n[nH]1. The zero-order chi connectivity index (χ0) is 22.8. The van der Waals surface area contributed by atoms with E-state index >= 15 is 0 Å². The molecule has 1 aliphatic heterocycles. The molecular formula is C24H26N6O3. The van der Waals surface area contributed by atoms with Crippen LogP contribution in [0.3, 0.4) is 0 Å². The molecule has 1 amide bonds. The van der Waals surface area contributed by atoms with Crippen LogP contribution in [0.1, 0.15) is 29.7 Å². The second-order valence-electron chi connectivity index (χ2n) is 8.37. The quantitative estimate of drug-likeness (QED) is 0.506. The van der Waals surface area contributed by atoms with Crippen LogP contribution in [0.15, 0.2) is 63.8 Å². The van der Waals surface area contributed by atoms with Crippen molar-refractivity contribution in [2.45, 2.75) is 32.5 Å². The Kier molecular flexibility index (Phi) is 5.78. The number of fused-ring (bicyclic) bond motifs is 1. The third-order valence-corrected chi connectivity index (χ3v) is 6.07. The largest absolute Gasteiger partial charge is 0.420 e. The van der Waals surface area contributed by atoms with Crippen LogP contribution in [0.5, 0.6) is 0 Å². The van der Waals surface area contributed by atoms with E-state index in [9.17, 15) is 9.59 Å². The highest BCUT2D eigenvalue weighted by atomic mass is 16.4. The number of aromatic amines is 1. The number of hydrogen-bond acceptors (Lipinski definition) is 6. The summed E-state index contributed by atoms with van der Waals surface area (Å²) in [5.41, 5.74) is 2.30. The lowest BCUT2D eigenvalue weighted by molar-refractivity contribution is -0.132. The van der Waals surface area contributed by atoms with E-state index in [1.807, 2.05) is 36.1 Å². The molecule has 1 aliphatic rings. The molecule has 3 heterocycles. The summed E-state index contributed by atoms with van der Waals surface area (Å²) >= 11 is 0. The van der Waals surface area contributed by atoms with Crippen LogP contribution in [0.2, 0.25) is 0 Å². The van der Waals surface area contributed by atoms with Crippen molar-refractivity contribution in [2.24, 2.45) is 0 Å². The third-order valence-electron chi connectivity index (χ3n) is 6.07. The minimum absolute atomic E-state index is 0.0612. The van der Waals surface area contributed by atoms with Crippen LogP contribution in [0.4, 0.5) is 0 Å². The summed E-state index contributed by atoms with van der Waals surface area (Å²) in [4.78, 5) is 34.4. The molecule has 170 valence electrons. The topological polar surface area (TPSA) is 100 Å². The minimum atomic E-state index is -0.522. The molecule has 9 nitrogen and oxygen atoms in total. The molecule has 0 bridgehead atoms. The van der Waals surface area contributed by atoms with Crippen molar-refractivity contribution in [3.05, 3.63) is 82.4 Å². The van der Waals surface area contributed by atoms with Gasteiger partial charge < -0.3 is 9.32 Å². The van der Waals surface area contributed by atoms with Gasteiger partial charge in [0.15, 0.2) is 11.4 Å². The zero-order valence-electron chi connectivity index (χ0n) is 18.5. The molecule has 1 atom stereocenters. The number of nitrogens with one attached hydrogen (secondary N) is 1. The van der Waals surface area contributed by atoms with Gasteiger partial charge in [-0.05, 0) is 31.0 Å². The average molecular weight is 447 g/mol. The molecule has 5 rings (SSSR count). The molecule has 2 aromatic carbocycles. The summed E-state index contributed by atoms with van der Waals surface area (Å²) in [7, 11) is 0. The molecule has 1 unspecified atom stereocenters. The Hall–Kier alpha value is -3.72. The van der Waals surface area contributed by atoms with E-state index in [4.69, 9.17) is 4.42 Å². The van der Waals surface area contributed by atoms with Crippen molar-refractivity contribution in [3.63, 3.8) is 0 Å². The average Bonchev–Trinajstić information content (AvgIpc) is 3.31. The first kappa shape index (κ1) is 21.1. The van der Waals surface area contributed by atoms with Crippen molar-refractivity contribution < 1.29 is 9.21 Å². The highest BCUT2D eigenvalue weighted by Crippen LogP contribution is 2.25. The van der Waals surface area contributed by atoms with Gasteiger partial charge in [0, 0.05) is 26.2 Å². The van der Waals surface area contributed by atoms with Gasteiger partial charge in [0.1, 0.15) is 12.4 Å². The van der Waals surface area contributed by atoms with Crippen LogP contribution >= 0.6 is 0 Å². The van der Waals surface area contributed by atoms with Crippen LogP contribution in [0.25, 0.3) is 11.1 Å². The second kappa shape index (κ2) is 9.03. The number of oxazole rings is 1. The number of aryl methyl sites for hydroxylation is 1. The van der Waals surface area contributed by atoms with E-state index in [0.29, 0.717) is 30.0 Å². The predicted octanol–water partition coefficient (Wildman–Crippen LogP) is 2.50. The first-order valence-electron chi connectivity index (χ1n) is 11.1. The fraction of sp³-hybridized carbons (Fsp3) is 0.333. The van der Waals surface area contributed by atoms with E-state index in [1.54, 1.807) is 18.2 Å². The van der Waals surface area contributed by atoms with Gasteiger partial charge in [0.05, 0.1) is 11.6 Å². The number of carbonyl (C=O) groups is 1. The number of hydrogen-bond donors (Lipinski definition) is 1. The molecule has 0 spiro atoms. The molecule has 1 saturated heterocycles.